The van der Waals surface area contributed by atoms with Crippen LogP contribution < -0.4 is 5.32 Å². The first-order valence-corrected chi connectivity index (χ1v) is 5.28. The summed E-state index contributed by atoms with van der Waals surface area (Å²) >= 11 is 0. The molecule has 1 saturated heterocycles. The van der Waals surface area contributed by atoms with Gasteiger partial charge in [0.1, 0.15) is 0 Å². The Balaban J connectivity index is 2.60. The minimum absolute atomic E-state index is 0.0113. The summed E-state index contributed by atoms with van der Waals surface area (Å²) in [6.07, 6.45) is 0.470. The number of ether oxygens (including phenoxy) is 1. The predicted octanol–water partition coefficient (Wildman–Crippen LogP) is 0.137. The van der Waals surface area contributed by atoms with Crippen molar-refractivity contribution in [2.75, 3.05) is 27.2 Å². The summed E-state index contributed by atoms with van der Waals surface area (Å²) in [5.41, 5.74) is 0. The fourth-order valence-electron chi connectivity index (χ4n) is 2.09. The van der Waals surface area contributed by atoms with Crippen molar-refractivity contribution in [3.05, 3.63) is 0 Å². The van der Waals surface area contributed by atoms with Crippen LogP contribution in [0.2, 0.25) is 0 Å². The lowest BCUT2D eigenvalue weighted by atomic mass is 9.92. The van der Waals surface area contributed by atoms with Gasteiger partial charge in [-0.1, -0.05) is 0 Å². The number of likely N-dealkylation sites (N-methyl/N-ethyl adjacent to an activating group) is 1. The van der Waals surface area contributed by atoms with E-state index in [2.05, 4.69) is 10.1 Å². The molecule has 92 valence electrons. The van der Waals surface area contributed by atoms with Crippen LogP contribution in [0.5, 0.6) is 0 Å². The Labute approximate surface area is 94.6 Å². The van der Waals surface area contributed by atoms with Gasteiger partial charge in [-0.25, -0.2) is 4.79 Å². The predicted molar refractivity (Wildman–Crippen MR) is 57.2 cm³/mol. The number of carboxylic acids is 1. The van der Waals surface area contributed by atoms with E-state index in [-0.39, 0.29) is 18.4 Å². The molecule has 1 heterocycles. The number of piperidine rings is 1. The smallest absolute Gasteiger partial charge is 0.409 e. The van der Waals surface area contributed by atoms with Crippen LogP contribution in [-0.4, -0.2) is 55.4 Å². The Kier molecular flexibility index (Phi) is 4.54. The zero-order valence-corrected chi connectivity index (χ0v) is 9.60. The highest BCUT2D eigenvalue weighted by Gasteiger charge is 2.30. The molecule has 1 aliphatic rings. The molecule has 0 aliphatic carbocycles. The number of rotatable bonds is 3. The quantitative estimate of drug-likeness (QED) is 0.721. The molecule has 0 radical (unpaired) electrons. The summed E-state index contributed by atoms with van der Waals surface area (Å²) in [5.74, 6) is -0.839. The summed E-state index contributed by atoms with van der Waals surface area (Å²) in [7, 11) is 3.14. The molecule has 16 heavy (non-hydrogen) atoms. The topological polar surface area (TPSA) is 78.9 Å². The van der Waals surface area contributed by atoms with Crippen LogP contribution in [0.3, 0.4) is 0 Å². The summed E-state index contributed by atoms with van der Waals surface area (Å²) in [6.45, 7) is 1.02. The van der Waals surface area contributed by atoms with Crippen molar-refractivity contribution in [3.8, 4) is 0 Å². The first kappa shape index (κ1) is 12.8. The number of aliphatic carboxylic acids is 1. The summed E-state index contributed by atoms with van der Waals surface area (Å²) in [5, 5.41) is 11.8. The minimum atomic E-state index is -0.827. The molecule has 0 spiro atoms. The van der Waals surface area contributed by atoms with Crippen LogP contribution in [0.4, 0.5) is 4.79 Å². The lowest BCUT2D eigenvalue weighted by molar-refractivity contribution is -0.138. The average Bonchev–Trinajstić information content (AvgIpc) is 2.26. The maximum atomic E-state index is 11.4. The molecule has 6 nitrogen and oxygen atoms in total. The van der Waals surface area contributed by atoms with Gasteiger partial charge in [0.25, 0.3) is 0 Å². The molecule has 0 saturated carbocycles. The third-order valence-corrected chi connectivity index (χ3v) is 2.84. The van der Waals surface area contributed by atoms with Gasteiger partial charge in [-0.3, -0.25) is 4.79 Å². The molecular formula is C10H18N2O4. The van der Waals surface area contributed by atoms with Gasteiger partial charge in [-0.15, -0.1) is 0 Å². The molecule has 0 bridgehead atoms. The van der Waals surface area contributed by atoms with Crippen LogP contribution in [-0.2, 0) is 9.53 Å². The van der Waals surface area contributed by atoms with E-state index in [9.17, 15) is 9.59 Å². The van der Waals surface area contributed by atoms with Crippen LogP contribution >= 0.6 is 0 Å². The summed E-state index contributed by atoms with van der Waals surface area (Å²) in [4.78, 5) is 23.6. The fraction of sp³-hybridized carbons (Fsp3) is 0.800. The number of methoxy groups -OCH3 is 1. The van der Waals surface area contributed by atoms with Crippen molar-refractivity contribution >= 4 is 12.1 Å². The maximum Gasteiger partial charge on any atom is 0.409 e. The molecule has 1 aliphatic heterocycles. The van der Waals surface area contributed by atoms with E-state index in [1.54, 1.807) is 4.90 Å². The van der Waals surface area contributed by atoms with Crippen molar-refractivity contribution in [2.45, 2.75) is 18.9 Å². The lowest BCUT2D eigenvalue weighted by Gasteiger charge is -2.36. The zero-order valence-electron chi connectivity index (χ0n) is 9.60. The van der Waals surface area contributed by atoms with Crippen molar-refractivity contribution < 1.29 is 19.4 Å². The SMILES string of the molecule is CNC1CC(CC(=O)O)CN(C(=O)OC)C1. The van der Waals surface area contributed by atoms with E-state index in [4.69, 9.17) is 5.11 Å². The highest BCUT2D eigenvalue weighted by atomic mass is 16.5. The highest BCUT2D eigenvalue weighted by molar-refractivity contribution is 5.69. The lowest BCUT2D eigenvalue weighted by Crippen LogP contribution is -2.50. The van der Waals surface area contributed by atoms with Crippen LogP contribution in [0.1, 0.15) is 12.8 Å². The normalized spacial score (nSPS) is 25.2. The number of carbonyl (C=O) groups excluding carboxylic acids is 1. The molecule has 1 amide bonds. The monoisotopic (exact) mass is 230 g/mol. The minimum Gasteiger partial charge on any atom is -0.481 e. The maximum absolute atomic E-state index is 11.4. The van der Waals surface area contributed by atoms with Crippen molar-refractivity contribution in [1.82, 2.24) is 10.2 Å². The number of likely N-dealkylation sites (tertiary alicyclic amines) is 1. The standard InChI is InChI=1S/C10H18N2O4/c1-11-8-3-7(4-9(13)14)5-12(6-8)10(15)16-2/h7-8,11H,3-6H2,1-2H3,(H,13,14). The molecule has 0 aromatic heterocycles. The fourth-order valence-corrected chi connectivity index (χ4v) is 2.09. The molecule has 2 atom stereocenters. The van der Waals surface area contributed by atoms with Gasteiger partial charge < -0.3 is 20.1 Å². The highest BCUT2D eigenvalue weighted by Crippen LogP contribution is 2.20. The van der Waals surface area contributed by atoms with Crippen molar-refractivity contribution in [1.29, 1.82) is 0 Å². The van der Waals surface area contributed by atoms with E-state index < -0.39 is 12.1 Å². The Morgan fingerprint density at radius 1 is 1.50 bits per heavy atom. The van der Waals surface area contributed by atoms with E-state index in [0.29, 0.717) is 13.1 Å². The Bertz CT molecular complexity index is 270. The molecule has 0 aromatic rings. The number of carbonyl (C=O) groups is 2. The Morgan fingerprint density at radius 2 is 2.19 bits per heavy atom. The van der Waals surface area contributed by atoms with E-state index in [1.807, 2.05) is 7.05 Å². The van der Waals surface area contributed by atoms with Gasteiger partial charge >= 0.3 is 12.1 Å². The molecule has 1 rings (SSSR count). The Hall–Kier alpha value is -1.30. The number of nitrogens with one attached hydrogen (secondary N) is 1. The number of nitrogens with zero attached hydrogens (tertiary/aromatic N) is 1. The average molecular weight is 230 g/mol. The van der Waals surface area contributed by atoms with E-state index in [0.717, 1.165) is 6.42 Å². The number of hydrogen-bond donors (Lipinski definition) is 2. The number of hydrogen-bond acceptors (Lipinski definition) is 4. The Morgan fingerprint density at radius 3 is 2.69 bits per heavy atom. The molecule has 0 aromatic carbocycles. The van der Waals surface area contributed by atoms with Gasteiger partial charge in [0.05, 0.1) is 7.11 Å². The van der Waals surface area contributed by atoms with E-state index >= 15 is 0 Å². The van der Waals surface area contributed by atoms with Crippen LogP contribution in [0, 0.1) is 5.92 Å². The van der Waals surface area contributed by atoms with Crippen molar-refractivity contribution in [3.63, 3.8) is 0 Å². The molecule has 2 N–H and O–H groups in total. The van der Waals surface area contributed by atoms with E-state index in [1.165, 1.54) is 7.11 Å². The number of amides is 1. The molecular weight excluding hydrogens is 212 g/mol. The van der Waals surface area contributed by atoms with Gasteiger partial charge in [0, 0.05) is 25.6 Å². The summed E-state index contributed by atoms with van der Waals surface area (Å²) in [6, 6.07) is 0.136. The first-order chi connectivity index (χ1) is 7.56. The van der Waals surface area contributed by atoms with Gasteiger partial charge in [-0.2, -0.15) is 0 Å². The van der Waals surface area contributed by atoms with Crippen molar-refractivity contribution in [2.24, 2.45) is 5.92 Å². The third-order valence-electron chi connectivity index (χ3n) is 2.84. The second-order valence-electron chi connectivity index (χ2n) is 4.06. The van der Waals surface area contributed by atoms with Crippen LogP contribution in [0.25, 0.3) is 0 Å². The summed E-state index contributed by atoms with van der Waals surface area (Å²) < 4.78 is 4.65. The first-order valence-electron chi connectivity index (χ1n) is 5.28. The third kappa shape index (κ3) is 3.37. The van der Waals surface area contributed by atoms with Crippen LogP contribution in [0.15, 0.2) is 0 Å². The second-order valence-corrected chi connectivity index (χ2v) is 4.06. The number of carboxylic acid groups (broad SMARTS) is 1. The second kappa shape index (κ2) is 5.69. The molecule has 2 unspecified atom stereocenters. The zero-order chi connectivity index (χ0) is 12.1. The van der Waals surface area contributed by atoms with Gasteiger partial charge in [-0.05, 0) is 19.4 Å². The van der Waals surface area contributed by atoms with Gasteiger partial charge in [0.2, 0.25) is 0 Å². The largest absolute Gasteiger partial charge is 0.481 e. The molecule has 6 heteroatoms. The van der Waals surface area contributed by atoms with Gasteiger partial charge in [0.15, 0.2) is 0 Å². The molecule has 1 fully saturated rings.